The van der Waals surface area contributed by atoms with Crippen LogP contribution in [0.3, 0.4) is 0 Å². The van der Waals surface area contributed by atoms with Gasteiger partial charge in [-0.2, -0.15) is 5.10 Å². The number of halogens is 1. The number of ether oxygens (including phenoxy) is 1. The minimum atomic E-state index is -3.86. The molecule has 5 aromatic rings. The summed E-state index contributed by atoms with van der Waals surface area (Å²) >= 11 is 0. The Labute approximate surface area is 286 Å². The number of urea groups is 1. The van der Waals surface area contributed by atoms with Gasteiger partial charge in [0.25, 0.3) is 0 Å². The van der Waals surface area contributed by atoms with Crippen molar-refractivity contribution < 1.29 is 18.1 Å². The molecule has 2 unspecified atom stereocenters. The Morgan fingerprint density at radius 3 is 2.18 bits per heavy atom. The largest absolute Gasteiger partial charge is 0.477 e. The van der Waals surface area contributed by atoms with Crippen molar-refractivity contribution in [3.05, 3.63) is 142 Å². The number of benzene rings is 4. The number of carbonyl (C=O) groups excluding carboxylic acids is 1. The number of amides is 2. The summed E-state index contributed by atoms with van der Waals surface area (Å²) < 4.78 is 46.5. The lowest BCUT2D eigenvalue weighted by molar-refractivity contribution is 0.170. The fourth-order valence-corrected chi connectivity index (χ4v) is 9.56. The standard InChI is InChI=1S/C39H38FN5O3S/c1-26-24-45-37(48-25-26)35(23-41-45)49(47,43-38(46)42-36-33-19-11-12-27(33)20-28-21-32(40)22-34(28)36)44-39(29-13-5-2-6-14-29,30-15-7-3-8-16-30)31-17-9-4-10-18-31/h2-10,13-18,20,23,26,32H,11-12,19,21-22,24-25H2,1H3,(H2,42,43,44,46,47)/t26?,32-,49?/m0/s1. The quantitative estimate of drug-likeness (QED) is 0.176. The van der Waals surface area contributed by atoms with Crippen LogP contribution in [0.2, 0.25) is 0 Å². The van der Waals surface area contributed by atoms with Crippen LogP contribution in [0.25, 0.3) is 0 Å². The van der Waals surface area contributed by atoms with Crippen molar-refractivity contribution in [3.8, 4) is 5.88 Å². The first-order valence-electron chi connectivity index (χ1n) is 16.9. The average molecular weight is 676 g/mol. The first kappa shape index (κ1) is 31.5. The number of aromatic nitrogens is 2. The number of fused-ring (bicyclic) bond motifs is 3. The summed E-state index contributed by atoms with van der Waals surface area (Å²) in [6.45, 7) is 3.04. The van der Waals surface area contributed by atoms with E-state index in [1.54, 1.807) is 4.68 Å². The normalized spacial score (nSPS) is 19.2. The van der Waals surface area contributed by atoms with Gasteiger partial charge in [-0.3, -0.25) is 0 Å². The topological polar surface area (TPSA) is 97.6 Å². The van der Waals surface area contributed by atoms with Crippen LogP contribution in [0.5, 0.6) is 5.88 Å². The van der Waals surface area contributed by atoms with Gasteiger partial charge >= 0.3 is 6.03 Å². The SMILES string of the molecule is CC1COc2c(S(=O)(=NC(=O)Nc3c4c(cc5c3C[C@@H](F)C5)CCC4)NC(c3ccccc3)(c3ccccc3)c3ccccc3)cnn2C1. The van der Waals surface area contributed by atoms with Gasteiger partial charge in [0.05, 0.1) is 19.3 Å². The highest BCUT2D eigenvalue weighted by atomic mass is 32.2. The Morgan fingerprint density at radius 2 is 1.55 bits per heavy atom. The van der Waals surface area contributed by atoms with Crippen molar-refractivity contribution in [1.29, 1.82) is 0 Å². The molecule has 1 aromatic heterocycles. The van der Waals surface area contributed by atoms with Gasteiger partial charge in [-0.15, -0.1) is 4.36 Å². The number of alkyl halides is 1. The van der Waals surface area contributed by atoms with Gasteiger partial charge in [0.1, 0.15) is 16.6 Å². The molecule has 3 atom stereocenters. The number of rotatable bonds is 7. The molecule has 2 heterocycles. The fraction of sp³-hybridized carbons (Fsp3) is 0.282. The number of hydrogen-bond donors (Lipinski definition) is 2. The van der Waals surface area contributed by atoms with Gasteiger partial charge in [-0.25, -0.2) is 22.8 Å². The van der Waals surface area contributed by atoms with Crippen LogP contribution in [0.4, 0.5) is 14.9 Å². The molecular formula is C39H38FN5O3S. The minimum Gasteiger partial charge on any atom is -0.477 e. The Bertz CT molecular complexity index is 2050. The molecule has 4 aromatic carbocycles. The molecule has 0 radical (unpaired) electrons. The second-order valence-electron chi connectivity index (χ2n) is 13.3. The fourth-order valence-electron chi connectivity index (χ4n) is 7.66. The van der Waals surface area contributed by atoms with Crippen LogP contribution in [0.15, 0.2) is 113 Å². The first-order chi connectivity index (χ1) is 23.8. The van der Waals surface area contributed by atoms with E-state index in [-0.39, 0.29) is 17.2 Å². The molecule has 8 nitrogen and oxygen atoms in total. The molecule has 1 aliphatic heterocycles. The molecule has 2 amide bonds. The van der Waals surface area contributed by atoms with Crippen LogP contribution in [-0.2, 0) is 47.7 Å². The van der Waals surface area contributed by atoms with Crippen LogP contribution in [0, 0.1) is 5.92 Å². The molecule has 0 saturated carbocycles. The van der Waals surface area contributed by atoms with E-state index in [0.29, 0.717) is 31.1 Å². The van der Waals surface area contributed by atoms with Gasteiger partial charge in [0.15, 0.2) is 9.92 Å². The van der Waals surface area contributed by atoms with E-state index < -0.39 is 27.7 Å². The van der Waals surface area contributed by atoms with Crippen LogP contribution >= 0.6 is 0 Å². The maximum absolute atomic E-state index is 15.9. The van der Waals surface area contributed by atoms with Crippen molar-refractivity contribution in [1.82, 2.24) is 14.5 Å². The second kappa shape index (κ2) is 12.6. The van der Waals surface area contributed by atoms with Gasteiger partial charge in [-0.05, 0) is 58.2 Å². The van der Waals surface area contributed by atoms with Crippen molar-refractivity contribution in [2.75, 3.05) is 11.9 Å². The lowest BCUT2D eigenvalue weighted by Crippen LogP contribution is -2.48. The third-order valence-electron chi connectivity index (χ3n) is 9.87. The first-order valence-corrected chi connectivity index (χ1v) is 18.4. The average Bonchev–Trinajstić information content (AvgIpc) is 3.86. The summed E-state index contributed by atoms with van der Waals surface area (Å²) in [6, 6.07) is 30.6. The molecule has 8 rings (SSSR count). The monoisotopic (exact) mass is 675 g/mol. The highest BCUT2D eigenvalue weighted by molar-refractivity contribution is 7.92. The van der Waals surface area contributed by atoms with E-state index >= 15 is 4.21 Å². The highest BCUT2D eigenvalue weighted by Crippen LogP contribution is 2.42. The number of aryl methyl sites for hydroxylation is 1. The number of carbonyl (C=O) groups is 1. The molecule has 10 heteroatoms. The molecular weight excluding hydrogens is 638 g/mol. The zero-order valence-corrected chi connectivity index (χ0v) is 28.1. The van der Waals surface area contributed by atoms with Crippen molar-refractivity contribution in [3.63, 3.8) is 0 Å². The van der Waals surface area contributed by atoms with Crippen molar-refractivity contribution in [2.45, 2.75) is 62.2 Å². The predicted octanol–water partition coefficient (Wildman–Crippen LogP) is 7.39. The Hall–Kier alpha value is -4.80. The molecule has 2 N–H and O–H groups in total. The third-order valence-corrected chi connectivity index (χ3v) is 11.8. The Kier molecular flexibility index (Phi) is 8.08. The van der Waals surface area contributed by atoms with E-state index in [2.05, 4.69) is 32.5 Å². The second-order valence-corrected chi connectivity index (χ2v) is 15.2. The van der Waals surface area contributed by atoms with Crippen LogP contribution in [0.1, 0.15) is 52.3 Å². The van der Waals surface area contributed by atoms with Crippen molar-refractivity contribution in [2.24, 2.45) is 10.3 Å². The van der Waals surface area contributed by atoms with Crippen LogP contribution in [-0.4, -0.2) is 32.8 Å². The minimum absolute atomic E-state index is 0.189. The maximum atomic E-state index is 15.9. The molecule has 2 aliphatic carbocycles. The third kappa shape index (κ3) is 5.62. The smallest absolute Gasteiger partial charge is 0.354 e. The molecule has 0 saturated heterocycles. The van der Waals surface area contributed by atoms with Crippen molar-refractivity contribution >= 4 is 21.6 Å². The predicted molar refractivity (Wildman–Crippen MR) is 188 cm³/mol. The molecule has 0 bridgehead atoms. The summed E-state index contributed by atoms with van der Waals surface area (Å²) in [5.41, 5.74) is 5.68. The van der Waals surface area contributed by atoms with Gasteiger partial charge in [0, 0.05) is 24.4 Å². The number of nitrogens with zero attached hydrogens (tertiary/aromatic N) is 3. The number of hydrogen-bond acceptors (Lipinski definition) is 4. The summed E-state index contributed by atoms with van der Waals surface area (Å²) in [4.78, 5) is 14.5. The summed E-state index contributed by atoms with van der Waals surface area (Å²) in [6.07, 6.45) is 3.67. The maximum Gasteiger partial charge on any atom is 0.354 e. The van der Waals surface area contributed by atoms with Crippen LogP contribution < -0.4 is 14.8 Å². The summed E-state index contributed by atoms with van der Waals surface area (Å²) in [5, 5.41) is 7.57. The molecule has 0 fully saturated rings. The van der Waals surface area contributed by atoms with Gasteiger partial charge in [-0.1, -0.05) is 104 Å². The van der Waals surface area contributed by atoms with E-state index in [0.717, 1.165) is 58.2 Å². The summed E-state index contributed by atoms with van der Waals surface area (Å²) in [5.74, 6) is 0.514. The number of nitrogens with one attached hydrogen (secondary N) is 2. The van der Waals surface area contributed by atoms with E-state index in [1.807, 2.05) is 91.0 Å². The van der Waals surface area contributed by atoms with E-state index in [1.165, 1.54) is 6.20 Å². The highest BCUT2D eigenvalue weighted by Gasteiger charge is 2.42. The van der Waals surface area contributed by atoms with E-state index in [4.69, 9.17) is 4.74 Å². The Balaban J connectivity index is 1.33. The lowest BCUT2D eigenvalue weighted by atomic mass is 9.78. The van der Waals surface area contributed by atoms with Gasteiger partial charge < -0.3 is 10.1 Å². The molecule has 0 spiro atoms. The van der Waals surface area contributed by atoms with E-state index in [9.17, 15) is 9.18 Å². The van der Waals surface area contributed by atoms with Gasteiger partial charge in [0.2, 0.25) is 5.88 Å². The molecule has 3 aliphatic rings. The Morgan fingerprint density at radius 1 is 0.918 bits per heavy atom. The summed E-state index contributed by atoms with van der Waals surface area (Å²) in [7, 11) is -3.86. The number of anilines is 1. The molecule has 250 valence electrons. The zero-order chi connectivity index (χ0) is 33.6. The molecule has 49 heavy (non-hydrogen) atoms. The zero-order valence-electron chi connectivity index (χ0n) is 27.3. The lowest BCUT2D eigenvalue weighted by Gasteiger charge is -2.37.